The number of halogens is 3. The lowest BCUT2D eigenvalue weighted by Gasteiger charge is -2.10. The van der Waals surface area contributed by atoms with E-state index in [0.717, 1.165) is 12.1 Å². The van der Waals surface area contributed by atoms with E-state index < -0.39 is 12.6 Å². The van der Waals surface area contributed by atoms with E-state index in [2.05, 4.69) is 9.47 Å². The van der Waals surface area contributed by atoms with Gasteiger partial charge >= 0.3 is 12.6 Å². The van der Waals surface area contributed by atoms with Gasteiger partial charge in [-0.25, -0.2) is 4.79 Å². The topological polar surface area (TPSA) is 52.6 Å². The van der Waals surface area contributed by atoms with E-state index in [0.29, 0.717) is 6.29 Å². The van der Waals surface area contributed by atoms with Crippen LogP contribution in [0.15, 0.2) is 12.1 Å². The molecule has 1 rings (SSSR count). The zero-order valence-corrected chi connectivity index (χ0v) is 10.0. The SMILES string of the molecule is CCOC(=O)c1cc(OC(F)F)cc(C=O)c1Cl. The van der Waals surface area contributed by atoms with Gasteiger partial charge in [0.15, 0.2) is 6.29 Å². The summed E-state index contributed by atoms with van der Waals surface area (Å²) in [5.74, 6) is -1.15. The van der Waals surface area contributed by atoms with Gasteiger partial charge in [0.05, 0.1) is 17.2 Å². The predicted molar refractivity (Wildman–Crippen MR) is 59.4 cm³/mol. The third kappa shape index (κ3) is 3.40. The number of alkyl halides is 2. The highest BCUT2D eigenvalue weighted by atomic mass is 35.5. The van der Waals surface area contributed by atoms with Crippen LogP contribution < -0.4 is 4.74 Å². The molecule has 0 spiro atoms. The highest BCUT2D eigenvalue weighted by Gasteiger charge is 2.18. The molecule has 18 heavy (non-hydrogen) atoms. The average Bonchev–Trinajstić information content (AvgIpc) is 2.30. The molecule has 0 saturated heterocycles. The number of hydrogen-bond acceptors (Lipinski definition) is 4. The monoisotopic (exact) mass is 278 g/mol. The maximum Gasteiger partial charge on any atom is 0.387 e. The van der Waals surface area contributed by atoms with Crippen LogP contribution in [0.3, 0.4) is 0 Å². The molecule has 0 aliphatic carbocycles. The van der Waals surface area contributed by atoms with Gasteiger partial charge in [-0.2, -0.15) is 8.78 Å². The van der Waals surface area contributed by atoms with Crippen LogP contribution in [0.2, 0.25) is 5.02 Å². The number of esters is 1. The summed E-state index contributed by atoms with van der Waals surface area (Å²) in [4.78, 5) is 22.2. The van der Waals surface area contributed by atoms with Crippen LogP contribution in [0.1, 0.15) is 27.6 Å². The summed E-state index contributed by atoms with van der Waals surface area (Å²) in [6.45, 7) is -1.40. The van der Waals surface area contributed by atoms with Crippen molar-refractivity contribution in [3.63, 3.8) is 0 Å². The first-order valence-electron chi connectivity index (χ1n) is 4.90. The second-order valence-corrected chi connectivity index (χ2v) is 3.47. The van der Waals surface area contributed by atoms with Crippen LogP contribution in [0.4, 0.5) is 8.78 Å². The van der Waals surface area contributed by atoms with Crippen LogP contribution in [-0.4, -0.2) is 25.5 Å². The van der Waals surface area contributed by atoms with Gasteiger partial charge in [-0.05, 0) is 19.1 Å². The lowest BCUT2D eigenvalue weighted by molar-refractivity contribution is -0.0499. The molecule has 0 amide bonds. The highest BCUT2D eigenvalue weighted by molar-refractivity contribution is 6.36. The number of benzene rings is 1. The molecule has 0 aromatic heterocycles. The average molecular weight is 279 g/mol. The molecule has 0 atom stereocenters. The van der Waals surface area contributed by atoms with Crippen molar-refractivity contribution >= 4 is 23.9 Å². The zero-order chi connectivity index (χ0) is 13.7. The normalized spacial score (nSPS) is 10.3. The molecule has 0 radical (unpaired) electrons. The molecule has 0 unspecified atom stereocenters. The van der Waals surface area contributed by atoms with Crippen molar-refractivity contribution in [2.24, 2.45) is 0 Å². The molecule has 0 aliphatic rings. The zero-order valence-electron chi connectivity index (χ0n) is 9.28. The first-order chi connectivity index (χ1) is 8.49. The van der Waals surface area contributed by atoms with E-state index in [1.807, 2.05) is 0 Å². The standard InChI is InChI=1S/C11H9ClF2O4/c1-2-17-10(16)8-4-7(18-11(13)14)3-6(5-15)9(8)12/h3-5,11H,2H2,1H3. The van der Waals surface area contributed by atoms with Gasteiger partial charge in [-0.15, -0.1) is 0 Å². The summed E-state index contributed by atoms with van der Waals surface area (Å²) >= 11 is 5.77. The van der Waals surface area contributed by atoms with Crippen molar-refractivity contribution in [2.75, 3.05) is 6.61 Å². The van der Waals surface area contributed by atoms with Crippen LogP contribution >= 0.6 is 11.6 Å². The molecule has 0 N–H and O–H groups in total. The highest BCUT2D eigenvalue weighted by Crippen LogP contribution is 2.27. The Labute approximate surface area is 106 Å². The minimum atomic E-state index is -3.07. The van der Waals surface area contributed by atoms with Crippen molar-refractivity contribution in [1.29, 1.82) is 0 Å². The summed E-state index contributed by atoms with van der Waals surface area (Å²) < 4.78 is 33.0. The quantitative estimate of drug-likeness (QED) is 0.614. The maximum absolute atomic E-state index is 12.1. The molecule has 0 heterocycles. The van der Waals surface area contributed by atoms with E-state index in [1.54, 1.807) is 6.92 Å². The maximum atomic E-state index is 12.1. The molecule has 1 aromatic carbocycles. The van der Waals surface area contributed by atoms with Crippen LogP contribution in [0, 0.1) is 0 Å². The van der Waals surface area contributed by atoms with Gasteiger partial charge in [-0.1, -0.05) is 11.6 Å². The van der Waals surface area contributed by atoms with E-state index >= 15 is 0 Å². The van der Waals surface area contributed by atoms with Crippen LogP contribution in [0.5, 0.6) is 5.75 Å². The molecule has 98 valence electrons. The molecule has 0 saturated carbocycles. The third-order valence-corrected chi connectivity index (χ3v) is 2.34. The van der Waals surface area contributed by atoms with Crippen molar-refractivity contribution in [3.05, 3.63) is 28.3 Å². The molecule has 7 heteroatoms. The fourth-order valence-electron chi connectivity index (χ4n) is 1.23. The molecular weight excluding hydrogens is 270 g/mol. The number of carbonyl (C=O) groups is 2. The van der Waals surface area contributed by atoms with Crippen LogP contribution in [-0.2, 0) is 4.74 Å². The largest absolute Gasteiger partial charge is 0.462 e. The Kier molecular flexibility index (Phi) is 5.03. The Morgan fingerprint density at radius 1 is 1.50 bits per heavy atom. The Morgan fingerprint density at radius 2 is 2.17 bits per heavy atom. The van der Waals surface area contributed by atoms with Gasteiger partial charge < -0.3 is 9.47 Å². The predicted octanol–water partition coefficient (Wildman–Crippen LogP) is 2.93. The van der Waals surface area contributed by atoms with Crippen molar-refractivity contribution in [2.45, 2.75) is 13.5 Å². The van der Waals surface area contributed by atoms with E-state index in [-0.39, 0.29) is 28.5 Å². The molecule has 0 aliphatic heterocycles. The van der Waals surface area contributed by atoms with Gasteiger partial charge in [0, 0.05) is 5.56 Å². The summed E-state index contributed by atoms with van der Waals surface area (Å²) in [5.41, 5.74) is -0.323. The van der Waals surface area contributed by atoms with Gasteiger partial charge in [0.1, 0.15) is 5.75 Å². The summed E-state index contributed by atoms with van der Waals surface area (Å²) in [7, 11) is 0. The molecular formula is C11H9ClF2O4. The fourth-order valence-corrected chi connectivity index (χ4v) is 1.46. The van der Waals surface area contributed by atoms with E-state index in [4.69, 9.17) is 11.6 Å². The number of carbonyl (C=O) groups excluding carboxylic acids is 2. The number of rotatable bonds is 5. The Hall–Kier alpha value is -1.69. The molecule has 0 fully saturated rings. The van der Waals surface area contributed by atoms with Crippen molar-refractivity contribution in [1.82, 2.24) is 0 Å². The minimum absolute atomic E-state index is 0.0888. The van der Waals surface area contributed by atoms with Gasteiger partial charge in [0.25, 0.3) is 0 Å². The van der Waals surface area contributed by atoms with E-state index in [9.17, 15) is 18.4 Å². The summed E-state index contributed by atoms with van der Waals surface area (Å²) in [6, 6.07) is 2.02. The van der Waals surface area contributed by atoms with Crippen LogP contribution in [0.25, 0.3) is 0 Å². The van der Waals surface area contributed by atoms with Gasteiger partial charge in [-0.3, -0.25) is 4.79 Å². The minimum Gasteiger partial charge on any atom is -0.462 e. The van der Waals surface area contributed by atoms with E-state index in [1.165, 1.54) is 0 Å². The summed E-state index contributed by atoms with van der Waals surface area (Å²) in [5, 5.41) is -0.162. The molecule has 1 aromatic rings. The Bertz CT molecular complexity index is 463. The second kappa shape index (κ2) is 6.30. The number of aldehydes is 1. The molecule has 0 bridgehead atoms. The smallest absolute Gasteiger partial charge is 0.387 e. The Balaban J connectivity index is 3.22. The summed E-state index contributed by atoms with van der Waals surface area (Å²) in [6.07, 6.45) is 0.337. The first kappa shape index (κ1) is 14.4. The first-order valence-corrected chi connectivity index (χ1v) is 5.28. The number of hydrogen-bond donors (Lipinski definition) is 0. The lowest BCUT2D eigenvalue weighted by Crippen LogP contribution is -2.09. The van der Waals surface area contributed by atoms with Crippen molar-refractivity contribution in [3.8, 4) is 5.75 Å². The fraction of sp³-hybridized carbons (Fsp3) is 0.273. The van der Waals surface area contributed by atoms with Crippen molar-refractivity contribution < 1.29 is 27.8 Å². The van der Waals surface area contributed by atoms with Gasteiger partial charge in [0.2, 0.25) is 0 Å². The number of ether oxygens (including phenoxy) is 2. The lowest BCUT2D eigenvalue weighted by atomic mass is 10.1. The Morgan fingerprint density at radius 3 is 2.67 bits per heavy atom. The third-order valence-electron chi connectivity index (χ3n) is 1.92. The second-order valence-electron chi connectivity index (χ2n) is 3.09. The molecule has 4 nitrogen and oxygen atoms in total.